The quantitative estimate of drug-likeness (QED) is 0.302. The van der Waals surface area contributed by atoms with Gasteiger partial charge in [-0.05, 0) is 49.8 Å². The number of carbonyl (C=O) groups excluding carboxylic acids is 3. The van der Waals surface area contributed by atoms with E-state index in [2.05, 4.69) is 13.2 Å². The number of aliphatic hydroxyl groups excluding tert-OH is 1. The van der Waals surface area contributed by atoms with Gasteiger partial charge in [0.05, 0.1) is 40.8 Å². The van der Waals surface area contributed by atoms with Gasteiger partial charge in [-0.25, -0.2) is 0 Å². The molecule has 3 heterocycles. The predicted octanol–water partition coefficient (Wildman–Crippen LogP) is 5.31. The molecule has 2 aromatic carbocycles. The van der Waals surface area contributed by atoms with Crippen molar-refractivity contribution in [2.24, 2.45) is 11.8 Å². The normalized spacial score (nSPS) is 27.3. The molecular formula is C36H44ClN3O5. The number of benzene rings is 2. The summed E-state index contributed by atoms with van der Waals surface area (Å²) in [6, 6.07) is 13.5. The van der Waals surface area contributed by atoms with Crippen molar-refractivity contribution in [2.45, 2.75) is 76.3 Å². The maximum atomic E-state index is 15.0. The smallest absolute Gasteiger partial charge is 0.253 e. The molecule has 3 fully saturated rings. The molecule has 1 N–H and O–H groups in total. The number of halogens is 1. The van der Waals surface area contributed by atoms with Crippen molar-refractivity contribution < 1.29 is 24.2 Å². The standard InChI is InChI=1S/C36H44ClN3O5/c1-6-20-38(22-25-15-11-10-12-16-25)32(42)28-29-33(43)40(26(8-3)23-41)31(36(29)19-18-35(28,9-4)45-36)34(44)39(21-7-2)30-24(5)14-13-17-27(30)37/h6-7,10-17,26,28-29,31,41H,1-2,8-9,18-23H2,3-5H3/t26-,28+,29-,31?,35-,36?/m0/s1. The first-order chi connectivity index (χ1) is 21.6. The van der Waals surface area contributed by atoms with Crippen molar-refractivity contribution in [2.75, 3.05) is 24.6 Å². The van der Waals surface area contributed by atoms with E-state index >= 15 is 0 Å². The summed E-state index contributed by atoms with van der Waals surface area (Å²) in [4.78, 5) is 49.2. The lowest BCUT2D eigenvalue weighted by molar-refractivity contribution is -0.154. The summed E-state index contributed by atoms with van der Waals surface area (Å²) >= 11 is 6.68. The van der Waals surface area contributed by atoms with Crippen LogP contribution in [0.1, 0.15) is 50.7 Å². The fraction of sp³-hybridized carbons (Fsp3) is 0.472. The largest absolute Gasteiger partial charge is 0.394 e. The third-order valence-electron chi connectivity index (χ3n) is 10.1. The van der Waals surface area contributed by atoms with E-state index in [0.717, 1.165) is 11.1 Å². The van der Waals surface area contributed by atoms with Gasteiger partial charge in [0.25, 0.3) is 5.91 Å². The number of aliphatic hydroxyl groups is 1. The van der Waals surface area contributed by atoms with E-state index in [9.17, 15) is 19.5 Å². The molecule has 2 aromatic rings. The summed E-state index contributed by atoms with van der Waals surface area (Å²) in [5, 5.41) is 10.9. The number of likely N-dealkylation sites (tertiary alicyclic amines) is 1. The fourth-order valence-corrected chi connectivity index (χ4v) is 8.36. The number of hydrogen-bond acceptors (Lipinski definition) is 5. The first-order valence-corrected chi connectivity index (χ1v) is 16.3. The zero-order valence-corrected chi connectivity index (χ0v) is 27.2. The molecule has 0 radical (unpaired) electrons. The van der Waals surface area contributed by atoms with E-state index in [4.69, 9.17) is 16.3 Å². The molecule has 2 bridgehead atoms. The highest BCUT2D eigenvalue weighted by atomic mass is 35.5. The van der Waals surface area contributed by atoms with Crippen molar-refractivity contribution in [1.82, 2.24) is 9.80 Å². The Morgan fingerprint density at radius 2 is 1.80 bits per heavy atom. The molecule has 45 heavy (non-hydrogen) atoms. The van der Waals surface area contributed by atoms with E-state index in [-0.39, 0.29) is 30.9 Å². The van der Waals surface area contributed by atoms with Crippen LogP contribution < -0.4 is 4.90 Å². The average Bonchev–Trinajstić information content (AvgIpc) is 3.64. The molecule has 0 aromatic heterocycles. The summed E-state index contributed by atoms with van der Waals surface area (Å²) in [6.45, 7) is 14.0. The van der Waals surface area contributed by atoms with E-state index < -0.39 is 35.1 Å². The maximum absolute atomic E-state index is 15.0. The van der Waals surface area contributed by atoms with Gasteiger partial charge in [0, 0.05) is 19.6 Å². The minimum atomic E-state index is -1.24. The van der Waals surface area contributed by atoms with Gasteiger partial charge in [0.2, 0.25) is 11.8 Å². The lowest BCUT2D eigenvalue weighted by Gasteiger charge is -2.39. The Hall–Kier alpha value is -3.46. The molecule has 2 unspecified atom stereocenters. The van der Waals surface area contributed by atoms with Crippen LogP contribution in [-0.2, 0) is 25.7 Å². The van der Waals surface area contributed by atoms with Crippen molar-refractivity contribution in [1.29, 1.82) is 0 Å². The summed E-state index contributed by atoms with van der Waals surface area (Å²) in [5.41, 5.74) is 0.161. The first kappa shape index (κ1) is 32.9. The Balaban J connectivity index is 1.63. The summed E-state index contributed by atoms with van der Waals surface area (Å²) in [7, 11) is 0. The van der Waals surface area contributed by atoms with Gasteiger partial charge in [-0.3, -0.25) is 14.4 Å². The third-order valence-corrected chi connectivity index (χ3v) is 10.4. The van der Waals surface area contributed by atoms with Crippen molar-refractivity contribution in [3.05, 3.63) is 90.0 Å². The molecule has 3 aliphatic rings. The molecule has 8 nitrogen and oxygen atoms in total. The zero-order chi connectivity index (χ0) is 32.5. The molecule has 0 saturated carbocycles. The minimum Gasteiger partial charge on any atom is -0.394 e. The Morgan fingerprint density at radius 1 is 1.09 bits per heavy atom. The van der Waals surface area contributed by atoms with E-state index in [1.165, 1.54) is 4.90 Å². The van der Waals surface area contributed by atoms with Gasteiger partial charge >= 0.3 is 0 Å². The van der Waals surface area contributed by atoms with Gasteiger partial charge in [0.1, 0.15) is 11.6 Å². The van der Waals surface area contributed by atoms with E-state index in [0.29, 0.717) is 49.5 Å². The lowest BCUT2D eigenvalue weighted by Crippen LogP contribution is -2.59. The first-order valence-electron chi connectivity index (χ1n) is 15.9. The molecule has 3 saturated heterocycles. The number of aryl methyl sites for hydroxylation is 1. The molecule has 1 spiro atoms. The van der Waals surface area contributed by atoms with Crippen LogP contribution in [0.4, 0.5) is 5.69 Å². The molecule has 3 amide bonds. The highest BCUT2D eigenvalue weighted by Gasteiger charge is 2.79. The summed E-state index contributed by atoms with van der Waals surface area (Å²) in [5.74, 6) is -2.54. The molecule has 6 atom stereocenters. The van der Waals surface area contributed by atoms with Crippen LogP contribution in [0.15, 0.2) is 73.8 Å². The SMILES string of the molecule is C=CCN(Cc1ccccc1)C(=O)[C@H]1[C@H]2C(=O)N([C@@H](CC)CO)C(C(=O)N(CC=C)c3c(C)cccc3Cl)C23CC[C@]1(CC)O3. The Bertz CT molecular complexity index is 1440. The highest BCUT2D eigenvalue weighted by Crippen LogP contribution is 2.65. The number of fused-ring (bicyclic) bond motifs is 1. The number of nitrogens with zero attached hydrogens (tertiary/aromatic N) is 3. The topological polar surface area (TPSA) is 90.4 Å². The van der Waals surface area contributed by atoms with Gasteiger partial charge in [0.15, 0.2) is 0 Å². The monoisotopic (exact) mass is 633 g/mol. The highest BCUT2D eigenvalue weighted by molar-refractivity contribution is 6.34. The number of ether oxygens (including phenoxy) is 1. The zero-order valence-electron chi connectivity index (χ0n) is 26.5. The van der Waals surface area contributed by atoms with Crippen molar-refractivity contribution in [3.8, 4) is 0 Å². The number of hydrogen-bond donors (Lipinski definition) is 1. The second-order valence-corrected chi connectivity index (χ2v) is 12.9. The second-order valence-electron chi connectivity index (χ2n) is 12.5. The number of anilines is 1. The van der Waals surface area contributed by atoms with Crippen LogP contribution >= 0.6 is 11.6 Å². The maximum Gasteiger partial charge on any atom is 0.253 e. The van der Waals surface area contributed by atoms with Gasteiger partial charge in [-0.2, -0.15) is 0 Å². The van der Waals surface area contributed by atoms with E-state index in [1.807, 2.05) is 63.2 Å². The van der Waals surface area contributed by atoms with Crippen LogP contribution in [0.2, 0.25) is 5.02 Å². The Kier molecular flexibility index (Phi) is 9.59. The molecule has 5 rings (SSSR count). The van der Waals surface area contributed by atoms with Gasteiger partial charge in [-0.15, -0.1) is 13.2 Å². The minimum absolute atomic E-state index is 0.157. The lowest BCUT2D eigenvalue weighted by atomic mass is 9.64. The number of para-hydroxylation sites is 1. The molecule has 0 aliphatic carbocycles. The fourth-order valence-electron chi connectivity index (χ4n) is 8.04. The van der Waals surface area contributed by atoms with Crippen LogP contribution in [0.5, 0.6) is 0 Å². The van der Waals surface area contributed by atoms with Crippen molar-refractivity contribution >= 4 is 35.0 Å². The summed E-state index contributed by atoms with van der Waals surface area (Å²) < 4.78 is 7.01. The number of carbonyl (C=O) groups is 3. The van der Waals surface area contributed by atoms with Crippen LogP contribution in [0.3, 0.4) is 0 Å². The number of rotatable bonds is 13. The van der Waals surface area contributed by atoms with Crippen LogP contribution in [0.25, 0.3) is 0 Å². The van der Waals surface area contributed by atoms with E-state index in [1.54, 1.807) is 28.0 Å². The number of amides is 3. The molecular weight excluding hydrogens is 590 g/mol. The molecule has 3 aliphatic heterocycles. The van der Waals surface area contributed by atoms with Gasteiger partial charge < -0.3 is 24.5 Å². The average molecular weight is 634 g/mol. The second kappa shape index (κ2) is 13.1. The van der Waals surface area contributed by atoms with Crippen LogP contribution in [-0.4, -0.2) is 75.6 Å². The summed E-state index contributed by atoms with van der Waals surface area (Å²) in [6.07, 6.45) is 5.24. The van der Waals surface area contributed by atoms with Gasteiger partial charge in [-0.1, -0.05) is 80.1 Å². The Labute approximate surface area is 271 Å². The predicted molar refractivity (Wildman–Crippen MR) is 176 cm³/mol. The Morgan fingerprint density at radius 3 is 2.40 bits per heavy atom. The third kappa shape index (κ3) is 5.30. The van der Waals surface area contributed by atoms with Crippen LogP contribution in [0, 0.1) is 18.8 Å². The molecule has 9 heteroatoms. The van der Waals surface area contributed by atoms with Crippen molar-refractivity contribution in [3.63, 3.8) is 0 Å². The molecule has 240 valence electrons.